The van der Waals surface area contributed by atoms with Gasteiger partial charge in [-0.05, 0) is 17.7 Å². The van der Waals surface area contributed by atoms with Crippen LogP contribution >= 0.6 is 15.9 Å². The number of likely N-dealkylation sites (N-methyl/N-ethyl adjacent to an activating group) is 1. The maximum atomic E-state index is 11.4. The van der Waals surface area contributed by atoms with Gasteiger partial charge in [-0.25, -0.2) is 8.42 Å². The van der Waals surface area contributed by atoms with Gasteiger partial charge < -0.3 is 5.73 Å². The van der Waals surface area contributed by atoms with E-state index in [1.165, 1.54) is 7.05 Å². The van der Waals surface area contributed by atoms with Crippen LogP contribution < -0.4 is 5.73 Å². The van der Waals surface area contributed by atoms with Gasteiger partial charge in [0.25, 0.3) is 0 Å². The number of nitrogens with zero attached hydrogens (tertiary/aromatic N) is 1. The van der Waals surface area contributed by atoms with Crippen LogP contribution in [0.2, 0.25) is 0 Å². The van der Waals surface area contributed by atoms with Gasteiger partial charge in [0.1, 0.15) is 6.04 Å². The number of halogens is 1. The summed E-state index contributed by atoms with van der Waals surface area (Å²) in [5.74, 6) is -0.712. The number of nitrogens with two attached hydrogens (primary N) is 1. The van der Waals surface area contributed by atoms with Gasteiger partial charge in [0.2, 0.25) is 15.9 Å². The third-order valence-electron chi connectivity index (χ3n) is 2.32. The van der Waals surface area contributed by atoms with Gasteiger partial charge in [-0.1, -0.05) is 28.1 Å². The van der Waals surface area contributed by atoms with Crippen LogP contribution in [0.1, 0.15) is 11.6 Å². The fourth-order valence-corrected chi connectivity index (χ4v) is 2.45. The number of carbonyl (C=O) groups excluding carboxylic acids is 1. The highest BCUT2D eigenvalue weighted by Gasteiger charge is 2.28. The van der Waals surface area contributed by atoms with Gasteiger partial charge in [0.15, 0.2) is 0 Å². The van der Waals surface area contributed by atoms with Crippen molar-refractivity contribution in [3.63, 3.8) is 0 Å². The minimum absolute atomic E-state index is 0.528. The number of rotatable bonds is 4. The molecule has 0 fully saturated rings. The van der Waals surface area contributed by atoms with Gasteiger partial charge in [-0.15, -0.1) is 0 Å². The fraction of sp³-hybridized carbons (Fsp3) is 0.300. The highest BCUT2D eigenvalue weighted by atomic mass is 79.9. The molecule has 5 nitrogen and oxygen atoms in total. The molecule has 1 rings (SSSR count). The van der Waals surface area contributed by atoms with Gasteiger partial charge >= 0.3 is 0 Å². The van der Waals surface area contributed by atoms with Crippen molar-refractivity contribution in [3.05, 3.63) is 34.3 Å². The summed E-state index contributed by atoms with van der Waals surface area (Å²) < 4.78 is 24.6. The third kappa shape index (κ3) is 3.52. The summed E-state index contributed by atoms with van der Waals surface area (Å²) in [4.78, 5) is 11.4. The van der Waals surface area contributed by atoms with E-state index in [1.54, 1.807) is 24.3 Å². The first-order valence-corrected chi connectivity index (χ1v) is 7.35. The van der Waals surface area contributed by atoms with Crippen LogP contribution in [0, 0.1) is 0 Å². The zero-order valence-corrected chi connectivity index (χ0v) is 11.8. The number of hydrogen-bond acceptors (Lipinski definition) is 3. The summed E-state index contributed by atoms with van der Waals surface area (Å²) in [6.45, 7) is 0. The van der Waals surface area contributed by atoms with Crippen LogP contribution in [0.25, 0.3) is 0 Å². The van der Waals surface area contributed by atoms with Crippen LogP contribution in [0.5, 0.6) is 0 Å². The van der Waals surface area contributed by atoms with Gasteiger partial charge in [-0.2, -0.15) is 4.31 Å². The first-order chi connectivity index (χ1) is 7.73. The molecule has 0 saturated carbocycles. The predicted octanol–water partition coefficient (Wildman–Crippen LogP) is 0.867. The summed E-state index contributed by atoms with van der Waals surface area (Å²) in [6, 6.07) is 5.81. The molecule has 0 bridgehead atoms. The molecule has 1 amide bonds. The molecule has 17 heavy (non-hydrogen) atoms. The van der Waals surface area contributed by atoms with Gasteiger partial charge in [0.05, 0.1) is 6.26 Å². The van der Waals surface area contributed by atoms with E-state index in [2.05, 4.69) is 15.9 Å². The molecule has 0 spiro atoms. The van der Waals surface area contributed by atoms with E-state index < -0.39 is 22.0 Å². The van der Waals surface area contributed by atoms with Crippen LogP contribution in [-0.4, -0.2) is 31.9 Å². The Labute approximate surface area is 109 Å². The van der Waals surface area contributed by atoms with Gasteiger partial charge in [0, 0.05) is 11.5 Å². The average molecular weight is 321 g/mol. The zero-order chi connectivity index (χ0) is 13.2. The average Bonchev–Trinajstić information content (AvgIpc) is 2.15. The Hall–Kier alpha value is -0.920. The lowest BCUT2D eigenvalue weighted by Gasteiger charge is -2.23. The Morgan fingerprint density at radius 2 is 2.06 bits per heavy atom. The Morgan fingerprint density at radius 3 is 2.47 bits per heavy atom. The summed E-state index contributed by atoms with van der Waals surface area (Å²) >= 11 is 3.26. The molecule has 1 atom stereocenters. The van der Waals surface area contributed by atoms with Crippen molar-refractivity contribution in [2.24, 2.45) is 5.73 Å². The van der Waals surface area contributed by atoms with Crippen molar-refractivity contribution in [3.8, 4) is 0 Å². The van der Waals surface area contributed by atoms with E-state index >= 15 is 0 Å². The van der Waals surface area contributed by atoms with Crippen molar-refractivity contribution >= 4 is 31.9 Å². The maximum absolute atomic E-state index is 11.4. The number of sulfonamides is 1. The number of carbonyl (C=O) groups is 1. The Balaban J connectivity index is 3.24. The van der Waals surface area contributed by atoms with Crippen LogP contribution in [0.4, 0.5) is 0 Å². The van der Waals surface area contributed by atoms with Crippen LogP contribution in [-0.2, 0) is 14.8 Å². The van der Waals surface area contributed by atoms with E-state index in [0.29, 0.717) is 5.56 Å². The molecule has 94 valence electrons. The van der Waals surface area contributed by atoms with Crippen molar-refractivity contribution in [2.75, 3.05) is 13.3 Å². The fourth-order valence-electron chi connectivity index (χ4n) is 1.42. The molecular weight excluding hydrogens is 308 g/mol. The summed E-state index contributed by atoms with van der Waals surface area (Å²) in [6.07, 6.45) is 1.03. The third-order valence-corrected chi connectivity index (χ3v) is 4.07. The first kappa shape index (κ1) is 14.1. The predicted molar refractivity (Wildman–Crippen MR) is 68.7 cm³/mol. The van der Waals surface area contributed by atoms with Crippen LogP contribution in [0.15, 0.2) is 28.7 Å². The largest absolute Gasteiger partial charge is 0.368 e. The Bertz CT molecular complexity index is 530. The summed E-state index contributed by atoms with van der Waals surface area (Å²) in [7, 11) is -2.17. The Morgan fingerprint density at radius 1 is 1.47 bits per heavy atom. The standard InChI is InChI=1S/C10H13BrN2O3S/c1-13(17(2,15)16)9(10(12)14)7-4-3-5-8(11)6-7/h3-6,9H,1-2H3,(H2,12,14). The lowest BCUT2D eigenvalue weighted by Crippen LogP contribution is -2.38. The lowest BCUT2D eigenvalue weighted by molar-refractivity contribution is -0.121. The molecule has 0 aliphatic carbocycles. The molecule has 1 unspecified atom stereocenters. The van der Waals surface area contributed by atoms with Crippen molar-refractivity contribution in [1.29, 1.82) is 0 Å². The molecule has 0 aliphatic rings. The number of benzene rings is 1. The van der Waals surface area contributed by atoms with E-state index in [0.717, 1.165) is 15.0 Å². The molecule has 0 aliphatic heterocycles. The molecule has 1 aromatic carbocycles. The highest BCUT2D eigenvalue weighted by molar-refractivity contribution is 9.10. The second kappa shape index (κ2) is 5.16. The van der Waals surface area contributed by atoms with E-state index in [4.69, 9.17) is 5.73 Å². The molecule has 0 aromatic heterocycles. The Kier molecular flexibility index (Phi) is 4.29. The number of primary amides is 1. The topological polar surface area (TPSA) is 80.5 Å². The highest BCUT2D eigenvalue weighted by Crippen LogP contribution is 2.24. The zero-order valence-electron chi connectivity index (χ0n) is 9.42. The monoisotopic (exact) mass is 320 g/mol. The van der Waals surface area contributed by atoms with E-state index in [9.17, 15) is 13.2 Å². The maximum Gasteiger partial charge on any atom is 0.240 e. The van der Waals surface area contributed by atoms with E-state index in [-0.39, 0.29) is 0 Å². The molecule has 0 radical (unpaired) electrons. The second-order valence-corrected chi connectivity index (χ2v) is 6.60. The number of amides is 1. The molecule has 2 N–H and O–H groups in total. The molecule has 0 heterocycles. The normalized spacial score (nSPS) is 13.6. The molecule has 0 saturated heterocycles. The first-order valence-electron chi connectivity index (χ1n) is 4.71. The quantitative estimate of drug-likeness (QED) is 0.893. The number of hydrogen-bond donors (Lipinski definition) is 1. The second-order valence-electron chi connectivity index (χ2n) is 3.64. The minimum Gasteiger partial charge on any atom is -0.368 e. The molecule has 7 heteroatoms. The summed E-state index contributed by atoms with van der Waals surface area (Å²) in [5, 5.41) is 0. The lowest BCUT2D eigenvalue weighted by atomic mass is 10.1. The minimum atomic E-state index is -3.49. The smallest absolute Gasteiger partial charge is 0.240 e. The van der Waals surface area contributed by atoms with Crippen molar-refractivity contribution in [2.45, 2.75) is 6.04 Å². The van der Waals surface area contributed by atoms with Gasteiger partial charge in [-0.3, -0.25) is 4.79 Å². The molecule has 1 aromatic rings. The van der Waals surface area contributed by atoms with Crippen molar-refractivity contribution < 1.29 is 13.2 Å². The molecular formula is C10H13BrN2O3S. The van der Waals surface area contributed by atoms with Crippen LogP contribution in [0.3, 0.4) is 0 Å². The SMILES string of the molecule is CN(C(C(N)=O)c1cccc(Br)c1)S(C)(=O)=O. The summed E-state index contributed by atoms with van der Waals surface area (Å²) in [5.41, 5.74) is 5.78. The van der Waals surface area contributed by atoms with Crippen molar-refractivity contribution in [1.82, 2.24) is 4.31 Å². The van der Waals surface area contributed by atoms with E-state index in [1.807, 2.05) is 0 Å².